The molecule has 0 atom stereocenters. The van der Waals surface area contributed by atoms with Gasteiger partial charge in [-0.05, 0) is 32.9 Å². The van der Waals surface area contributed by atoms with Crippen LogP contribution in [0, 0.1) is 0 Å². The van der Waals surface area contributed by atoms with E-state index in [9.17, 15) is 9.59 Å². The van der Waals surface area contributed by atoms with Gasteiger partial charge in [0, 0.05) is 25.9 Å². The van der Waals surface area contributed by atoms with E-state index in [1.165, 1.54) is 122 Å². The third kappa shape index (κ3) is 31.3. The quantitative estimate of drug-likeness (QED) is 0.0687. The lowest BCUT2D eigenvalue weighted by Gasteiger charge is -2.16. The van der Waals surface area contributed by atoms with Gasteiger partial charge in [0.1, 0.15) is 6.61 Å². The molecule has 0 saturated carbocycles. The van der Waals surface area contributed by atoms with Crippen LogP contribution in [0.3, 0.4) is 0 Å². The van der Waals surface area contributed by atoms with Crippen LogP contribution in [0.4, 0.5) is 0 Å². The Morgan fingerprint density at radius 3 is 1.41 bits per heavy atom. The summed E-state index contributed by atoms with van der Waals surface area (Å²) in [7, 11) is 2.05. The van der Waals surface area contributed by atoms with Crippen molar-refractivity contribution in [3.8, 4) is 0 Å². The highest BCUT2D eigenvalue weighted by Gasteiger charge is 2.05. The fourth-order valence-corrected chi connectivity index (χ4v) is 5.05. The molecule has 5 nitrogen and oxygen atoms in total. The molecule has 0 spiro atoms. The molecule has 0 aromatic rings. The summed E-state index contributed by atoms with van der Waals surface area (Å²) in [5.41, 5.74) is 0. The van der Waals surface area contributed by atoms with E-state index < -0.39 is 0 Å². The molecule has 0 heterocycles. The normalized spacial score (nSPS) is 11.3. The van der Waals surface area contributed by atoms with E-state index in [2.05, 4.69) is 24.1 Å². The molecule has 5 heteroatoms. The fourth-order valence-electron chi connectivity index (χ4n) is 5.05. The Labute approximate surface area is 244 Å². The molecule has 0 aromatic heterocycles. The highest BCUT2D eigenvalue weighted by Crippen LogP contribution is 2.13. The van der Waals surface area contributed by atoms with Gasteiger partial charge in [0.15, 0.2) is 0 Å². The van der Waals surface area contributed by atoms with Crippen molar-refractivity contribution in [2.45, 2.75) is 174 Å². The molecule has 0 aliphatic rings. The van der Waals surface area contributed by atoms with Crippen LogP contribution in [0.5, 0.6) is 0 Å². The largest absolute Gasteiger partial charge is 0.464 e. The highest BCUT2D eigenvalue weighted by molar-refractivity contribution is 5.75. The number of rotatable bonds is 31. The lowest BCUT2D eigenvalue weighted by atomic mass is 10.1. The van der Waals surface area contributed by atoms with Crippen molar-refractivity contribution in [3.63, 3.8) is 0 Å². The van der Waals surface area contributed by atoms with Gasteiger partial charge in [-0.1, -0.05) is 142 Å². The molecule has 39 heavy (non-hydrogen) atoms. The van der Waals surface area contributed by atoms with Crippen LogP contribution in [0.2, 0.25) is 0 Å². The summed E-state index contributed by atoms with van der Waals surface area (Å²) < 4.78 is 5.40. The number of esters is 1. The number of carbonyl (C=O) groups excluding carboxylic acids is 2. The maximum absolute atomic E-state index is 12.0. The average Bonchev–Trinajstić information content (AvgIpc) is 2.92. The molecule has 0 aromatic carbocycles. The molecule has 1 N–H and O–H groups in total. The van der Waals surface area contributed by atoms with Crippen LogP contribution in [-0.2, 0) is 14.3 Å². The smallest absolute Gasteiger partial charge is 0.305 e. The van der Waals surface area contributed by atoms with E-state index in [1.807, 2.05) is 7.05 Å². The standard InChI is InChI=1S/C34H68N2O3/c1-4-6-8-10-12-14-16-18-20-22-24-27-33(37)35-29-26-30-36(3)31-32-39-34(38)28-25-23-21-19-17-15-13-11-9-7-5-2/h4-32H2,1-3H3,(H,35,37). The van der Waals surface area contributed by atoms with Crippen LogP contribution in [0.25, 0.3) is 0 Å². The summed E-state index contributed by atoms with van der Waals surface area (Å²) >= 11 is 0. The molecule has 0 fully saturated rings. The molecule has 0 radical (unpaired) electrons. The Morgan fingerprint density at radius 1 is 0.538 bits per heavy atom. The zero-order valence-electron chi connectivity index (χ0n) is 26.7. The summed E-state index contributed by atoms with van der Waals surface area (Å²) in [6, 6.07) is 0. The summed E-state index contributed by atoms with van der Waals surface area (Å²) in [6.45, 7) is 7.35. The second kappa shape index (κ2) is 31.4. The van der Waals surface area contributed by atoms with Crippen molar-refractivity contribution in [3.05, 3.63) is 0 Å². The number of hydrogen-bond donors (Lipinski definition) is 1. The van der Waals surface area contributed by atoms with Gasteiger partial charge in [0.2, 0.25) is 5.91 Å². The highest BCUT2D eigenvalue weighted by atomic mass is 16.5. The van der Waals surface area contributed by atoms with Gasteiger partial charge in [-0.2, -0.15) is 0 Å². The maximum atomic E-state index is 12.0. The number of hydrogen-bond acceptors (Lipinski definition) is 4. The summed E-state index contributed by atoms with van der Waals surface area (Å²) in [5, 5.41) is 3.05. The lowest BCUT2D eigenvalue weighted by molar-refractivity contribution is -0.144. The Hall–Kier alpha value is -1.10. The van der Waals surface area contributed by atoms with E-state index >= 15 is 0 Å². The number of nitrogens with zero attached hydrogens (tertiary/aromatic N) is 1. The molecule has 0 rings (SSSR count). The molecular weight excluding hydrogens is 484 g/mol. The monoisotopic (exact) mass is 553 g/mol. The third-order valence-electron chi connectivity index (χ3n) is 7.77. The topological polar surface area (TPSA) is 58.6 Å². The van der Waals surface area contributed by atoms with E-state index in [4.69, 9.17) is 4.74 Å². The van der Waals surface area contributed by atoms with Gasteiger partial charge in [-0.15, -0.1) is 0 Å². The SMILES string of the molecule is CCCCCCCCCCCCCC(=O)NCCCN(C)CCOC(=O)CCCCCCCCCCCCC. The first kappa shape index (κ1) is 37.9. The van der Waals surface area contributed by atoms with E-state index in [0.717, 1.165) is 45.3 Å². The van der Waals surface area contributed by atoms with Gasteiger partial charge < -0.3 is 15.0 Å². The van der Waals surface area contributed by atoms with Gasteiger partial charge in [-0.3, -0.25) is 9.59 Å². The van der Waals surface area contributed by atoms with Gasteiger partial charge in [-0.25, -0.2) is 0 Å². The zero-order valence-corrected chi connectivity index (χ0v) is 26.7. The maximum Gasteiger partial charge on any atom is 0.305 e. The molecule has 0 unspecified atom stereocenters. The Kier molecular flexibility index (Phi) is 30.5. The van der Waals surface area contributed by atoms with Crippen molar-refractivity contribution >= 4 is 11.9 Å². The molecule has 0 aliphatic heterocycles. The zero-order chi connectivity index (χ0) is 28.7. The molecule has 232 valence electrons. The first-order chi connectivity index (χ1) is 19.1. The number of carbonyl (C=O) groups is 2. The van der Waals surface area contributed by atoms with Gasteiger partial charge >= 0.3 is 5.97 Å². The van der Waals surface area contributed by atoms with Crippen molar-refractivity contribution in [2.24, 2.45) is 0 Å². The number of unbranched alkanes of at least 4 members (excludes halogenated alkanes) is 20. The molecule has 0 saturated heterocycles. The number of nitrogens with one attached hydrogen (secondary N) is 1. The van der Waals surface area contributed by atoms with Crippen molar-refractivity contribution < 1.29 is 14.3 Å². The van der Waals surface area contributed by atoms with Crippen LogP contribution in [0.15, 0.2) is 0 Å². The summed E-state index contributed by atoms with van der Waals surface area (Å²) in [5.74, 6) is 0.124. The summed E-state index contributed by atoms with van der Waals surface area (Å²) in [6.07, 6.45) is 30.7. The van der Waals surface area contributed by atoms with E-state index in [1.54, 1.807) is 0 Å². The first-order valence-corrected chi connectivity index (χ1v) is 17.2. The van der Waals surface area contributed by atoms with Crippen molar-refractivity contribution in [1.29, 1.82) is 0 Å². The Balaban J connectivity index is 3.38. The second-order valence-electron chi connectivity index (χ2n) is 11.8. The molecule has 1 amide bonds. The average molecular weight is 553 g/mol. The minimum absolute atomic E-state index is 0.0611. The van der Waals surface area contributed by atoms with E-state index in [-0.39, 0.29) is 11.9 Å². The van der Waals surface area contributed by atoms with Gasteiger partial charge in [0.05, 0.1) is 0 Å². The van der Waals surface area contributed by atoms with Crippen LogP contribution in [0.1, 0.15) is 174 Å². The van der Waals surface area contributed by atoms with E-state index in [0.29, 0.717) is 19.4 Å². The fraction of sp³-hybridized carbons (Fsp3) is 0.941. The van der Waals surface area contributed by atoms with Crippen molar-refractivity contribution in [2.75, 3.05) is 33.3 Å². The number of ether oxygens (including phenoxy) is 1. The van der Waals surface area contributed by atoms with Crippen LogP contribution >= 0.6 is 0 Å². The Bertz CT molecular complexity index is 527. The number of likely N-dealkylation sites (N-methyl/N-ethyl adjacent to an activating group) is 1. The van der Waals surface area contributed by atoms with Gasteiger partial charge in [0.25, 0.3) is 0 Å². The summed E-state index contributed by atoms with van der Waals surface area (Å²) in [4.78, 5) is 26.2. The van der Waals surface area contributed by atoms with Crippen molar-refractivity contribution in [1.82, 2.24) is 10.2 Å². The second-order valence-corrected chi connectivity index (χ2v) is 11.8. The predicted octanol–water partition coefficient (Wildman–Crippen LogP) is 9.37. The minimum Gasteiger partial charge on any atom is -0.464 e. The predicted molar refractivity (Wildman–Crippen MR) is 168 cm³/mol. The molecular formula is C34H68N2O3. The first-order valence-electron chi connectivity index (χ1n) is 17.2. The Morgan fingerprint density at radius 2 is 0.949 bits per heavy atom. The minimum atomic E-state index is -0.0611. The lowest BCUT2D eigenvalue weighted by Crippen LogP contribution is -2.30. The number of amides is 1. The molecule has 0 aliphatic carbocycles. The molecule has 0 bridgehead atoms. The van der Waals surface area contributed by atoms with Crippen LogP contribution in [-0.4, -0.2) is 50.1 Å². The van der Waals surface area contributed by atoms with Crippen LogP contribution < -0.4 is 5.32 Å². The third-order valence-corrected chi connectivity index (χ3v) is 7.77.